The van der Waals surface area contributed by atoms with Gasteiger partial charge in [0.15, 0.2) is 11.5 Å². The number of aromatic nitrogens is 1. The molecule has 0 fully saturated rings. The number of hydrogen-bond donors (Lipinski definition) is 1. The lowest BCUT2D eigenvalue weighted by Crippen LogP contribution is -2.07. The number of esters is 1. The summed E-state index contributed by atoms with van der Waals surface area (Å²) in [5.41, 5.74) is 4.16. The van der Waals surface area contributed by atoms with Crippen LogP contribution in [0.4, 0.5) is 10.8 Å². The number of thiazole rings is 1. The quantitative estimate of drug-likeness (QED) is 0.206. The largest absolute Gasteiger partial charge is 0.493 e. The SMILES string of the molecule is CCOC(=O)Cc1csc(NN=Cc2ccc(Oc3ccc([N+](=O)[O-])cc3)c(OC)c2)n1. The Balaban J connectivity index is 1.61. The van der Waals surface area contributed by atoms with Gasteiger partial charge < -0.3 is 14.2 Å². The molecule has 32 heavy (non-hydrogen) atoms. The number of rotatable bonds is 10. The number of carbonyl (C=O) groups is 1. The van der Waals surface area contributed by atoms with Gasteiger partial charge >= 0.3 is 5.97 Å². The number of hydrazone groups is 1. The van der Waals surface area contributed by atoms with Crippen LogP contribution in [0, 0.1) is 10.1 Å². The van der Waals surface area contributed by atoms with Crippen LogP contribution in [-0.2, 0) is 16.0 Å². The zero-order chi connectivity index (χ0) is 22.9. The molecule has 0 amide bonds. The van der Waals surface area contributed by atoms with E-state index < -0.39 is 4.92 Å². The maximum Gasteiger partial charge on any atom is 0.311 e. The fourth-order valence-electron chi connectivity index (χ4n) is 2.57. The molecule has 166 valence electrons. The van der Waals surface area contributed by atoms with Gasteiger partial charge in [0.1, 0.15) is 5.75 Å². The summed E-state index contributed by atoms with van der Waals surface area (Å²) >= 11 is 1.33. The topological polar surface area (TPSA) is 125 Å². The molecule has 3 rings (SSSR count). The summed E-state index contributed by atoms with van der Waals surface area (Å²) in [7, 11) is 1.51. The summed E-state index contributed by atoms with van der Waals surface area (Å²) in [6.45, 7) is 2.09. The molecule has 1 aromatic heterocycles. The van der Waals surface area contributed by atoms with Gasteiger partial charge in [0.25, 0.3) is 5.69 Å². The highest BCUT2D eigenvalue weighted by molar-refractivity contribution is 7.13. The molecule has 11 heteroatoms. The predicted octanol–water partition coefficient (Wildman–Crippen LogP) is 4.40. The molecule has 0 saturated carbocycles. The Kier molecular flexibility index (Phi) is 7.70. The molecule has 0 aliphatic rings. The number of nitro benzene ring substituents is 1. The molecule has 3 aromatic rings. The number of benzene rings is 2. The summed E-state index contributed by atoms with van der Waals surface area (Å²) < 4.78 is 16.0. The Hall–Kier alpha value is -3.99. The number of nitrogens with one attached hydrogen (secondary N) is 1. The number of nitro groups is 1. The van der Waals surface area contributed by atoms with Crippen molar-refractivity contribution in [1.82, 2.24) is 4.98 Å². The second-order valence-electron chi connectivity index (χ2n) is 6.26. The van der Waals surface area contributed by atoms with Gasteiger partial charge in [-0.2, -0.15) is 5.10 Å². The highest BCUT2D eigenvalue weighted by Gasteiger charge is 2.10. The summed E-state index contributed by atoms with van der Waals surface area (Å²) in [4.78, 5) is 26.1. The van der Waals surface area contributed by atoms with E-state index in [-0.39, 0.29) is 18.1 Å². The summed E-state index contributed by atoms with van der Waals surface area (Å²) in [5.74, 6) is 1.05. The van der Waals surface area contributed by atoms with E-state index in [0.717, 1.165) is 5.56 Å². The number of ether oxygens (including phenoxy) is 3. The van der Waals surface area contributed by atoms with E-state index in [9.17, 15) is 14.9 Å². The number of anilines is 1. The number of nitrogens with zero attached hydrogens (tertiary/aromatic N) is 3. The van der Waals surface area contributed by atoms with Crippen molar-refractivity contribution in [3.05, 3.63) is 69.2 Å². The first kappa shape index (κ1) is 22.7. The minimum absolute atomic E-state index is 0.0170. The van der Waals surface area contributed by atoms with Crippen molar-refractivity contribution in [3.8, 4) is 17.2 Å². The van der Waals surface area contributed by atoms with Gasteiger partial charge in [0, 0.05) is 17.5 Å². The second-order valence-corrected chi connectivity index (χ2v) is 7.12. The van der Waals surface area contributed by atoms with Crippen molar-refractivity contribution in [1.29, 1.82) is 0 Å². The number of non-ortho nitro benzene ring substituents is 1. The number of methoxy groups -OCH3 is 1. The molecule has 2 aromatic carbocycles. The lowest BCUT2D eigenvalue weighted by molar-refractivity contribution is -0.384. The van der Waals surface area contributed by atoms with Gasteiger partial charge in [-0.25, -0.2) is 4.98 Å². The molecule has 0 spiro atoms. The molecule has 1 heterocycles. The molecule has 0 unspecified atom stereocenters. The lowest BCUT2D eigenvalue weighted by atomic mass is 10.2. The third kappa shape index (κ3) is 6.25. The lowest BCUT2D eigenvalue weighted by Gasteiger charge is -2.10. The zero-order valence-electron chi connectivity index (χ0n) is 17.3. The van der Waals surface area contributed by atoms with E-state index in [0.29, 0.717) is 34.7 Å². The zero-order valence-corrected chi connectivity index (χ0v) is 18.1. The molecule has 0 aliphatic heterocycles. The average Bonchev–Trinajstić information content (AvgIpc) is 3.22. The van der Waals surface area contributed by atoms with E-state index in [1.54, 1.807) is 36.7 Å². The summed E-state index contributed by atoms with van der Waals surface area (Å²) in [6.07, 6.45) is 1.70. The van der Waals surface area contributed by atoms with Crippen LogP contribution in [-0.4, -0.2) is 35.8 Å². The first-order valence-corrected chi connectivity index (χ1v) is 10.4. The normalized spacial score (nSPS) is 10.7. The smallest absolute Gasteiger partial charge is 0.311 e. The standard InChI is InChI=1S/C21H20N4O6S/c1-3-30-20(26)11-15-13-32-21(23-15)24-22-12-14-4-9-18(19(10-14)29-2)31-17-7-5-16(6-8-17)25(27)28/h4-10,12-13H,3,11H2,1-2H3,(H,23,24). The fourth-order valence-corrected chi connectivity index (χ4v) is 3.23. The van der Waals surface area contributed by atoms with Gasteiger partial charge in [-0.1, -0.05) is 0 Å². The van der Waals surface area contributed by atoms with Gasteiger partial charge in [0.05, 0.1) is 37.0 Å². The molecule has 10 nitrogen and oxygen atoms in total. The highest BCUT2D eigenvalue weighted by Crippen LogP contribution is 2.32. The van der Waals surface area contributed by atoms with Crippen LogP contribution < -0.4 is 14.9 Å². The van der Waals surface area contributed by atoms with E-state index in [1.807, 2.05) is 0 Å². The molecule has 0 radical (unpaired) electrons. The molecular weight excluding hydrogens is 436 g/mol. The van der Waals surface area contributed by atoms with Crippen molar-refractivity contribution in [2.45, 2.75) is 13.3 Å². The molecule has 0 aliphatic carbocycles. The van der Waals surface area contributed by atoms with Crippen LogP contribution >= 0.6 is 11.3 Å². The maximum absolute atomic E-state index is 11.5. The van der Waals surface area contributed by atoms with Crippen LogP contribution in [0.1, 0.15) is 18.2 Å². The van der Waals surface area contributed by atoms with E-state index in [2.05, 4.69) is 15.5 Å². The van der Waals surface area contributed by atoms with Crippen LogP contribution in [0.3, 0.4) is 0 Å². The third-order valence-electron chi connectivity index (χ3n) is 4.02. The van der Waals surface area contributed by atoms with Crippen molar-refractivity contribution in [3.63, 3.8) is 0 Å². The van der Waals surface area contributed by atoms with Crippen LogP contribution in [0.5, 0.6) is 17.2 Å². The molecule has 0 saturated heterocycles. The van der Waals surface area contributed by atoms with Gasteiger partial charge in [-0.3, -0.25) is 20.3 Å². The fraction of sp³-hybridized carbons (Fsp3) is 0.190. The Morgan fingerprint density at radius 3 is 2.72 bits per heavy atom. The van der Waals surface area contributed by atoms with Crippen molar-refractivity contribution < 1.29 is 23.9 Å². The minimum atomic E-state index is -0.473. The molecule has 0 bridgehead atoms. The highest BCUT2D eigenvalue weighted by atomic mass is 32.1. The minimum Gasteiger partial charge on any atom is -0.493 e. The first-order valence-electron chi connectivity index (χ1n) is 9.48. The third-order valence-corrected chi connectivity index (χ3v) is 4.82. The van der Waals surface area contributed by atoms with Crippen molar-refractivity contribution in [2.24, 2.45) is 5.10 Å². The molecule has 0 atom stereocenters. The van der Waals surface area contributed by atoms with Crippen LogP contribution in [0.15, 0.2) is 52.9 Å². The Labute approximate surface area is 187 Å². The maximum atomic E-state index is 11.5. The van der Waals surface area contributed by atoms with Gasteiger partial charge in [-0.15, -0.1) is 11.3 Å². The summed E-state index contributed by atoms with van der Waals surface area (Å²) in [5, 5.41) is 17.2. The molecular formula is C21H20N4O6S. The van der Waals surface area contributed by atoms with Gasteiger partial charge in [-0.05, 0) is 42.8 Å². The Bertz CT molecular complexity index is 1110. The number of carbonyl (C=O) groups excluding carboxylic acids is 1. The van der Waals surface area contributed by atoms with Gasteiger partial charge in [0.2, 0.25) is 5.13 Å². The van der Waals surface area contributed by atoms with Crippen molar-refractivity contribution in [2.75, 3.05) is 19.1 Å². The monoisotopic (exact) mass is 456 g/mol. The number of hydrogen-bond acceptors (Lipinski definition) is 10. The Morgan fingerprint density at radius 2 is 2.03 bits per heavy atom. The second kappa shape index (κ2) is 10.9. The first-order chi connectivity index (χ1) is 15.5. The van der Waals surface area contributed by atoms with Crippen LogP contribution in [0.25, 0.3) is 0 Å². The molecule has 1 N–H and O–H groups in total. The van der Waals surface area contributed by atoms with E-state index in [1.165, 1.54) is 42.7 Å². The van der Waals surface area contributed by atoms with E-state index in [4.69, 9.17) is 14.2 Å². The van der Waals surface area contributed by atoms with Crippen molar-refractivity contribution >= 4 is 34.3 Å². The average molecular weight is 456 g/mol. The van der Waals surface area contributed by atoms with E-state index >= 15 is 0 Å². The van der Waals surface area contributed by atoms with Crippen LogP contribution in [0.2, 0.25) is 0 Å². The predicted molar refractivity (Wildman–Crippen MR) is 120 cm³/mol. The summed E-state index contributed by atoms with van der Waals surface area (Å²) in [6, 6.07) is 11.0. The Morgan fingerprint density at radius 1 is 1.25 bits per heavy atom.